The molecule has 2 aromatic carbocycles. The number of aliphatic imine (C=N–C) groups is 1. The maximum absolute atomic E-state index is 9.15. The van der Waals surface area contributed by atoms with Crippen molar-refractivity contribution in [2.24, 2.45) is 16.8 Å². The van der Waals surface area contributed by atoms with Gasteiger partial charge in [0.2, 0.25) is 6.19 Å². The summed E-state index contributed by atoms with van der Waals surface area (Å²) in [5.41, 5.74) is 2.46. The van der Waals surface area contributed by atoms with E-state index in [-0.39, 0.29) is 6.02 Å². The second-order valence-electron chi connectivity index (χ2n) is 10.9. The first kappa shape index (κ1) is 25.4. The molecule has 0 radical (unpaired) electrons. The average Bonchev–Trinajstić information content (AvgIpc) is 3.31. The Hall–Kier alpha value is -3.30. The van der Waals surface area contributed by atoms with E-state index in [2.05, 4.69) is 64.1 Å². The van der Waals surface area contributed by atoms with Crippen LogP contribution in [-0.2, 0) is 6.54 Å². The first-order chi connectivity index (χ1) is 18.1. The molecule has 1 aromatic heterocycles. The van der Waals surface area contributed by atoms with Gasteiger partial charge in [0.1, 0.15) is 5.75 Å². The van der Waals surface area contributed by atoms with Crippen LogP contribution >= 0.6 is 0 Å². The lowest BCUT2D eigenvalue weighted by atomic mass is 9.79. The lowest BCUT2D eigenvalue weighted by molar-refractivity contribution is 0.0894. The van der Waals surface area contributed by atoms with Crippen LogP contribution in [0.15, 0.2) is 65.8 Å². The second-order valence-corrected chi connectivity index (χ2v) is 10.9. The molecule has 1 aliphatic heterocycles. The number of hydrogen-bond acceptors (Lipinski definition) is 4. The van der Waals surface area contributed by atoms with E-state index in [1.165, 1.54) is 68.1 Å². The lowest BCUT2D eigenvalue weighted by Gasteiger charge is -2.42. The predicted molar refractivity (Wildman–Crippen MR) is 149 cm³/mol. The van der Waals surface area contributed by atoms with Crippen molar-refractivity contribution in [2.75, 3.05) is 13.1 Å². The number of benzene rings is 2. The largest absolute Gasteiger partial charge is 0.425 e. The normalized spacial score (nSPS) is 21.7. The van der Waals surface area contributed by atoms with Crippen molar-refractivity contribution in [1.29, 1.82) is 5.26 Å². The van der Waals surface area contributed by atoms with Crippen molar-refractivity contribution in [3.8, 4) is 11.9 Å². The van der Waals surface area contributed by atoms with E-state index in [1.54, 1.807) is 0 Å². The maximum Gasteiger partial charge on any atom is 0.305 e. The Balaban J connectivity index is 1.24. The van der Waals surface area contributed by atoms with Crippen molar-refractivity contribution in [3.63, 3.8) is 0 Å². The number of nitriles is 1. The van der Waals surface area contributed by atoms with E-state index in [9.17, 15) is 0 Å². The molecule has 6 heteroatoms. The van der Waals surface area contributed by atoms with Crippen LogP contribution in [0.1, 0.15) is 64.0 Å². The fraction of sp³-hybridized carbons (Fsp3) is 0.484. The Bertz CT molecular complexity index is 1230. The molecule has 0 atom stereocenters. The van der Waals surface area contributed by atoms with Crippen LogP contribution in [-0.4, -0.2) is 34.6 Å². The van der Waals surface area contributed by atoms with Gasteiger partial charge >= 0.3 is 6.02 Å². The van der Waals surface area contributed by atoms with Gasteiger partial charge in [0.15, 0.2) is 0 Å². The van der Waals surface area contributed by atoms with Gasteiger partial charge in [-0.15, -0.1) is 4.99 Å². The third-order valence-electron chi connectivity index (χ3n) is 8.46. The van der Waals surface area contributed by atoms with Gasteiger partial charge < -0.3 is 19.5 Å². The highest BCUT2D eigenvalue weighted by Crippen LogP contribution is 2.36. The van der Waals surface area contributed by atoms with Crippen LogP contribution in [0, 0.1) is 23.3 Å². The van der Waals surface area contributed by atoms with Gasteiger partial charge in [0.25, 0.3) is 0 Å². The molecule has 1 aliphatic carbocycles. The minimum absolute atomic E-state index is 0.214. The summed E-state index contributed by atoms with van der Waals surface area (Å²) < 4.78 is 8.29. The van der Waals surface area contributed by atoms with E-state index in [0.29, 0.717) is 18.3 Å². The molecule has 0 spiro atoms. The SMILES string of the molecule is CC(C)[C@H]1CC[C@@H](N2CCC(n3cc(CN/C(=N\C#N)Oc4ccccc4)c4ccccc43)CC2)CC1. The Morgan fingerprint density at radius 3 is 2.38 bits per heavy atom. The summed E-state index contributed by atoms with van der Waals surface area (Å²) in [6.45, 7) is 7.68. The van der Waals surface area contributed by atoms with Crippen LogP contribution < -0.4 is 10.1 Å². The van der Waals surface area contributed by atoms with E-state index < -0.39 is 0 Å². The quantitative estimate of drug-likeness (QED) is 0.240. The first-order valence-electron chi connectivity index (χ1n) is 13.9. The number of nitrogens with zero attached hydrogens (tertiary/aromatic N) is 4. The minimum Gasteiger partial charge on any atom is -0.425 e. The molecule has 1 saturated heterocycles. The molecule has 0 bridgehead atoms. The van der Waals surface area contributed by atoms with Gasteiger partial charge in [-0.25, -0.2) is 0 Å². The summed E-state index contributed by atoms with van der Waals surface area (Å²) in [7, 11) is 0. The Morgan fingerprint density at radius 2 is 1.68 bits per heavy atom. The van der Waals surface area contributed by atoms with Crippen molar-refractivity contribution >= 4 is 16.9 Å². The van der Waals surface area contributed by atoms with Crippen LogP contribution in [0.25, 0.3) is 10.9 Å². The number of rotatable bonds is 6. The number of hydrogen-bond donors (Lipinski definition) is 1. The van der Waals surface area contributed by atoms with Crippen LogP contribution in [0.2, 0.25) is 0 Å². The molecule has 0 unspecified atom stereocenters. The highest BCUT2D eigenvalue weighted by Gasteiger charge is 2.30. The van der Waals surface area contributed by atoms with E-state index >= 15 is 0 Å². The summed E-state index contributed by atoms with van der Waals surface area (Å²) in [5.74, 6) is 2.39. The minimum atomic E-state index is 0.214. The topological polar surface area (TPSA) is 65.6 Å². The summed E-state index contributed by atoms with van der Waals surface area (Å²) in [6.07, 6.45) is 12.0. The average molecular weight is 498 g/mol. The van der Waals surface area contributed by atoms with E-state index in [4.69, 9.17) is 10.00 Å². The number of para-hydroxylation sites is 2. The second kappa shape index (κ2) is 11.8. The number of nitrogens with one attached hydrogen (secondary N) is 1. The molecular formula is C31H39N5O. The van der Waals surface area contributed by atoms with Gasteiger partial charge in [-0.05, 0) is 74.1 Å². The number of ether oxygens (including phenoxy) is 1. The van der Waals surface area contributed by atoms with Gasteiger partial charge in [-0.2, -0.15) is 5.26 Å². The van der Waals surface area contributed by atoms with Crippen molar-refractivity contribution < 1.29 is 4.74 Å². The number of likely N-dealkylation sites (tertiary alicyclic amines) is 1. The zero-order valence-corrected chi connectivity index (χ0v) is 22.1. The molecular weight excluding hydrogens is 458 g/mol. The standard InChI is InChI=1S/C31H39N5O/c1-23(2)24-12-14-26(15-13-24)35-18-16-27(17-19-35)36-21-25(29-10-6-7-11-30(29)36)20-33-31(34-22-32)37-28-8-4-3-5-9-28/h3-11,21,23-24,26-27H,12-20H2,1-2H3,(H,33,34)/t24-,26+. The van der Waals surface area contributed by atoms with Gasteiger partial charge in [-0.3, -0.25) is 0 Å². The van der Waals surface area contributed by atoms with E-state index in [0.717, 1.165) is 17.9 Å². The molecule has 37 heavy (non-hydrogen) atoms. The molecule has 2 fully saturated rings. The van der Waals surface area contributed by atoms with Crippen molar-refractivity contribution in [1.82, 2.24) is 14.8 Å². The number of aromatic nitrogens is 1. The molecule has 2 heterocycles. The summed E-state index contributed by atoms with van der Waals surface area (Å²) >= 11 is 0. The zero-order chi connectivity index (χ0) is 25.6. The van der Waals surface area contributed by atoms with Crippen molar-refractivity contribution in [3.05, 3.63) is 66.4 Å². The molecule has 0 amide bonds. The fourth-order valence-electron chi connectivity index (χ4n) is 6.30. The highest BCUT2D eigenvalue weighted by atomic mass is 16.5. The van der Waals surface area contributed by atoms with Gasteiger partial charge in [0.05, 0.1) is 0 Å². The lowest BCUT2D eigenvalue weighted by Crippen LogP contribution is -2.43. The Kier molecular flexibility index (Phi) is 8.11. The van der Waals surface area contributed by atoms with Gasteiger partial charge in [-0.1, -0.05) is 50.2 Å². The van der Waals surface area contributed by atoms with Gasteiger partial charge in [0, 0.05) is 48.8 Å². The van der Waals surface area contributed by atoms with E-state index in [1.807, 2.05) is 36.5 Å². The molecule has 5 rings (SSSR count). The Morgan fingerprint density at radius 1 is 0.973 bits per heavy atom. The number of fused-ring (bicyclic) bond motifs is 1. The molecule has 1 saturated carbocycles. The summed E-state index contributed by atoms with van der Waals surface area (Å²) in [5, 5.41) is 13.6. The predicted octanol–water partition coefficient (Wildman–Crippen LogP) is 6.50. The molecule has 1 N–H and O–H groups in total. The zero-order valence-electron chi connectivity index (χ0n) is 22.1. The van der Waals surface area contributed by atoms with Crippen LogP contribution in [0.4, 0.5) is 0 Å². The molecule has 6 nitrogen and oxygen atoms in total. The molecule has 3 aromatic rings. The molecule has 194 valence electrons. The maximum atomic E-state index is 9.15. The smallest absolute Gasteiger partial charge is 0.305 e. The monoisotopic (exact) mass is 497 g/mol. The summed E-state index contributed by atoms with van der Waals surface area (Å²) in [4.78, 5) is 6.63. The highest BCUT2D eigenvalue weighted by molar-refractivity contribution is 5.85. The van der Waals surface area contributed by atoms with Crippen molar-refractivity contribution in [2.45, 2.75) is 71.0 Å². The first-order valence-corrected chi connectivity index (χ1v) is 13.9. The van der Waals surface area contributed by atoms with Crippen LogP contribution in [0.5, 0.6) is 5.75 Å². The molecule has 2 aliphatic rings. The Labute approximate surface area is 220 Å². The van der Waals surface area contributed by atoms with Crippen LogP contribution in [0.3, 0.4) is 0 Å². The third-order valence-corrected chi connectivity index (χ3v) is 8.46. The third kappa shape index (κ3) is 5.99. The summed E-state index contributed by atoms with van der Waals surface area (Å²) in [6, 6.07) is 19.6. The fourth-order valence-corrected chi connectivity index (χ4v) is 6.30. The number of amidine groups is 1. The number of piperidine rings is 1.